The minimum atomic E-state index is -3.48. The minimum absolute atomic E-state index is 0.143. The predicted octanol–water partition coefficient (Wildman–Crippen LogP) is 3.09. The Labute approximate surface area is 137 Å². The van der Waals surface area contributed by atoms with Crippen LogP contribution < -0.4 is 9.46 Å². The maximum absolute atomic E-state index is 12.4. The van der Waals surface area contributed by atoms with Gasteiger partial charge < -0.3 is 4.74 Å². The summed E-state index contributed by atoms with van der Waals surface area (Å²) >= 11 is 0. The molecule has 2 aromatic rings. The summed E-state index contributed by atoms with van der Waals surface area (Å²) in [6.45, 7) is 3.05. The number of hydrogen-bond acceptors (Lipinski definition) is 3. The summed E-state index contributed by atoms with van der Waals surface area (Å²) in [5, 5.41) is 0. The number of benzene rings is 2. The molecule has 4 nitrogen and oxygen atoms in total. The zero-order valence-electron chi connectivity index (χ0n) is 13.2. The number of nitrogens with one attached hydrogen (secondary N) is 1. The van der Waals surface area contributed by atoms with E-state index in [0.717, 1.165) is 29.7 Å². The number of sulfonamides is 1. The van der Waals surface area contributed by atoms with Crippen LogP contribution in [0.15, 0.2) is 53.4 Å². The Morgan fingerprint density at radius 2 is 1.87 bits per heavy atom. The molecular weight excluding hydrogens is 310 g/mol. The monoisotopic (exact) mass is 331 g/mol. The van der Waals surface area contributed by atoms with E-state index in [1.807, 2.05) is 43.3 Å². The Bertz CT molecular complexity index is 769. The molecule has 1 aliphatic rings. The Kier molecular flexibility index (Phi) is 4.68. The lowest BCUT2D eigenvalue weighted by molar-refractivity contribution is 0.267. The Morgan fingerprint density at radius 1 is 1.13 bits per heavy atom. The van der Waals surface area contributed by atoms with Gasteiger partial charge in [-0.15, -0.1) is 0 Å². The van der Waals surface area contributed by atoms with Crippen molar-refractivity contribution in [1.29, 1.82) is 0 Å². The van der Waals surface area contributed by atoms with Gasteiger partial charge in [-0.2, -0.15) is 0 Å². The highest BCUT2D eigenvalue weighted by Crippen LogP contribution is 2.33. The molecule has 0 bridgehead atoms. The largest absolute Gasteiger partial charge is 0.493 e. The number of para-hydroxylation sites is 1. The first-order valence-electron chi connectivity index (χ1n) is 7.90. The van der Waals surface area contributed by atoms with Crippen LogP contribution in [0.5, 0.6) is 5.75 Å². The van der Waals surface area contributed by atoms with E-state index >= 15 is 0 Å². The standard InChI is InChI=1S/C18H21NO3S/c1-2-14-7-9-16(10-8-14)23(20,21)19-13-15-11-12-22-18-6-4-3-5-17(15)18/h3-10,15,19H,2,11-13H2,1H3. The third kappa shape index (κ3) is 3.57. The third-order valence-electron chi connectivity index (χ3n) is 4.24. The molecule has 0 amide bonds. The lowest BCUT2D eigenvalue weighted by Crippen LogP contribution is -2.30. The lowest BCUT2D eigenvalue weighted by atomic mass is 9.93. The van der Waals surface area contributed by atoms with Crippen molar-refractivity contribution in [2.24, 2.45) is 0 Å². The van der Waals surface area contributed by atoms with Crippen molar-refractivity contribution in [1.82, 2.24) is 4.72 Å². The van der Waals surface area contributed by atoms with E-state index in [1.165, 1.54) is 0 Å². The highest BCUT2D eigenvalue weighted by Gasteiger charge is 2.23. The van der Waals surface area contributed by atoms with Gasteiger partial charge in [-0.25, -0.2) is 13.1 Å². The molecule has 0 aromatic heterocycles. The van der Waals surface area contributed by atoms with E-state index in [1.54, 1.807) is 12.1 Å². The lowest BCUT2D eigenvalue weighted by Gasteiger charge is -2.26. The topological polar surface area (TPSA) is 55.4 Å². The maximum Gasteiger partial charge on any atom is 0.240 e. The van der Waals surface area contributed by atoms with Crippen LogP contribution in [-0.4, -0.2) is 21.6 Å². The molecular formula is C18H21NO3S. The quantitative estimate of drug-likeness (QED) is 0.916. The number of rotatable bonds is 5. The van der Waals surface area contributed by atoms with Crippen LogP contribution in [0.3, 0.4) is 0 Å². The summed E-state index contributed by atoms with van der Waals surface area (Å²) in [5.41, 5.74) is 2.20. The highest BCUT2D eigenvalue weighted by molar-refractivity contribution is 7.89. The van der Waals surface area contributed by atoms with E-state index in [4.69, 9.17) is 4.74 Å². The van der Waals surface area contributed by atoms with Crippen molar-refractivity contribution < 1.29 is 13.2 Å². The number of fused-ring (bicyclic) bond motifs is 1. The number of ether oxygens (including phenoxy) is 1. The molecule has 1 aliphatic heterocycles. The fraction of sp³-hybridized carbons (Fsp3) is 0.333. The summed E-state index contributed by atoms with van der Waals surface area (Å²) in [7, 11) is -3.48. The molecule has 1 heterocycles. The zero-order chi connectivity index (χ0) is 16.3. The summed E-state index contributed by atoms with van der Waals surface area (Å²) in [4.78, 5) is 0.315. The molecule has 0 fully saturated rings. The predicted molar refractivity (Wildman–Crippen MR) is 90.3 cm³/mol. The van der Waals surface area contributed by atoms with Gasteiger partial charge >= 0.3 is 0 Å². The Hall–Kier alpha value is -1.85. The van der Waals surface area contributed by atoms with E-state index in [0.29, 0.717) is 18.0 Å². The molecule has 1 N–H and O–H groups in total. The molecule has 122 valence electrons. The van der Waals surface area contributed by atoms with Crippen LogP contribution in [0.1, 0.15) is 30.4 Å². The van der Waals surface area contributed by atoms with Gasteiger partial charge in [0.2, 0.25) is 10.0 Å². The van der Waals surface area contributed by atoms with Crippen LogP contribution in [0.2, 0.25) is 0 Å². The molecule has 23 heavy (non-hydrogen) atoms. The number of aryl methyl sites for hydroxylation is 1. The second-order valence-electron chi connectivity index (χ2n) is 5.72. The Balaban J connectivity index is 1.72. The van der Waals surface area contributed by atoms with E-state index in [9.17, 15) is 8.42 Å². The van der Waals surface area contributed by atoms with Crippen LogP contribution in [-0.2, 0) is 16.4 Å². The van der Waals surface area contributed by atoms with E-state index < -0.39 is 10.0 Å². The molecule has 0 saturated heterocycles. The first kappa shape index (κ1) is 16.0. The van der Waals surface area contributed by atoms with Gasteiger partial charge in [-0.1, -0.05) is 37.3 Å². The molecule has 0 radical (unpaired) electrons. The molecule has 2 aromatic carbocycles. The second-order valence-corrected chi connectivity index (χ2v) is 7.49. The fourth-order valence-corrected chi connectivity index (χ4v) is 3.91. The average molecular weight is 331 g/mol. The van der Waals surface area contributed by atoms with E-state index in [-0.39, 0.29) is 5.92 Å². The summed E-state index contributed by atoms with van der Waals surface area (Å²) in [5.74, 6) is 1.000. The Morgan fingerprint density at radius 3 is 2.61 bits per heavy atom. The van der Waals surface area contributed by atoms with Crippen LogP contribution >= 0.6 is 0 Å². The molecule has 3 rings (SSSR count). The molecule has 5 heteroatoms. The van der Waals surface area contributed by atoms with Crippen molar-refractivity contribution in [2.75, 3.05) is 13.2 Å². The first-order valence-corrected chi connectivity index (χ1v) is 9.39. The second kappa shape index (κ2) is 6.72. The van der Waals surface area contributed by atoms with Crippen molar-refractivity contribution in [3.63, 3.8) is 0 Å². The van der Waals surface area contributed by atoms with Crippen LogP contribution in [0.25, 0.3) is 0 Å². The normalized spacial score (nSPS) is 17.3. The molecule has 1 unspecified atom stereocenters. The van der Waals surface area contributed by atoms with Gasteiger partial charge in [-0.05, 0) is 42.2 Å². The fourth-order valence-electron chi connectivity index (χ4n) is 2.83. The van der Waals surface area contributed by atoms with Gasteiger partial charge in [0.05, 0.1) is 11.5 Å². The van der Waals surface area contributed by atoms with Gasteiger partial charge in [0, 0.05) is 12.5 Å². The van der Waals surface area contributed by atoms with Crippen LogP contribution in [0.4, 0.5) is 0 Å². The smallest absolute Gasteiger partial charge is 0.240 e. The third-order valence-corrected chi connectivity index (χ3v) is 5.68. The van der Waals surface area contributed by atoms with Gasteiger partial charge in [0.25, 0.3) is 0 Å². The maximum atomic E-state index is 12.4. The molecule has 0 saturated carbocycles. The van der Waals surface area contributed by atoms with Crippen molar-refractivity contribution >= 4 is 10.0 Å². The van der Waals surface area contributed by atoms with Crippen LogP contribution in [0, 0.1) is 0 Å². The summed E-state index contributed by atoms with van der Waals surface area (Å²) < 4.78 is 33.2. The highest BCUT2D eigenvalue weighted by atomic mass is 32.2. The van der Waals surface area contributed by atoms with Gasteiger partial charge in [0.1, 0.15) is 5.75 Å². The van der Waals surface area contributed by atoms with Gasteiger partial charge in [-0.3, -0.25) is 0 Å². The molecule has 1 atom stereocenters. The summed E-state index contributed by atoms with van der Waals surface area (Å²) in [6, 6.07) is 14.9. The van der Waals surface area contributed by atoms with Crippen molar-refractivity contribution in [3.05, 3.63) is 59.7 Å². The SMILES string of the molecule is CCc1ccc(S(=O)(=O)NCC2CCOc3ccccc32)cc1. The first-order chi connectivity index (χ1) is 11.1. The van der Waals surface area contributed by atoms with Gasteiger partial charge in [0.15, 0.2) is 0 Å². The number of hydrogen-bond donors (Lipinski definition) is 1. The van der Waals surface area contributed by atoms with Crippen molar-refractivity contribution in [2.45, 2.75) is 30.6 Å². The molecule has 0 aliphatic carbocycles. The van der Waals surface area contributed by atoms with E-state index in [2.05, 4.69) is 4.72 Å². The molecule has 0 spiro atoms. The average Bonchev–Trinajstić information content (AvgIpc) is 2.60. The summed E-state index contributed by atoms with van der Waals surface area (Å²) in [6.07, 6.45) is 1.71. The zero-order valence-corrected chi connectivity index (χ0v) is 14.0. The minimum Gasteiger partial charge on any atom is -0.493 e. The van der Waals surface area contributed by atoms with Crippen molar-refractivity contribution in [3.8, 4) is 5.75 Å².